The van der Waals surface area contributed by atoms with Gasteiger partial charge in [-0.1, -0.05) is 6.58 Å². The minimum absolute atomic E-state index is 0.917. The minimum atomic E-state index is 0.917. The van der Waals surface area contributed by atoms with Gasteiger partial charge in [-0.25, -0.2) is 0 Å². The molecule has 0 saturated heterocycles. The smallest absolute Gasteiger partial charge is 0.0666 e. The van der Waals surface area contributed by atoms with Crippen molar-refractivity contribution in [3.8, 4) is 0 Å². The third-order valence-electron chi connectivity index (χ3n) is 0.433. The number of hydrogen-bond acceptors (Lipinski definition) is 4. The van der Waals surface area contributed by atoms with Crippen molar-refractivity contribution in [2.45, 2.75) is 0 Å². The molecule has 0 atom stereocenters. The molecule has 0 aliphatic carbocycles. The second-order valence-corrected chi connectivity index (χ2v) is 0.756. The summed E-state index contributed by atoms with van der Waals surface area (Å²) in [6.45, 7) is 3.30. The van der Waals surface area contributed by atoms with Gasteiger partial charge in [0.25, 0.3) is 0 Å². The topological polar surface area (TPSA) is 47.7 Å². The summed E-state index contributed by atoms with van der Waals surface area (Å²) >= 11 is 0. The van der Waals surface area contributed by atoms with E-state index in [9.17, 15) is 0 Å². The lowest BCUT2D eigenvalue weighted by Gasteiger charge is -2.09. The van der Waals surface area contributed by atoms with Crippen molar-refractivity contribution in [3.63, 3.8) is 0 Å². The fourth-order valence-electron chi connectivity index (χ4n) is 0.161. The van der Waals surface area contributed by atoms with Gasteiger partial charge in [0.2, 0.25) is 0 Å². The van der Waals surface area contributed by atoms with Crippen LogP contribution >= 0.6 is 0 Å². The Labute approximate surface area is 42.0 Å². The van der Waals surface area contributed by atoms with Gasteiger partial charge < -0.3 is 0 Å². The minimum Gasteiger partial charge on any atom is -0.251 e. The van der Waals surface area contributed by atoms with Gasteiger partial charge in [0.05, 0.1) is 13.3 Å². The van der Waals surface area contributed by atoms with Gasteiger partial charge in [-0.3, -0.25) is 4.84 Å². The molecule has 0 unspecified atom stereocenters. The molecular weight excluding hydrogens is 96.0 g/mol. The SMILES string of the molecule is C=CN(OC)ON. The van der Waals surface area contributed by atoms with Crippen LogP contribution in [0.25, 0.3) is 0 Å². The molecule has 0 amide bonds. The van der Waals surface area contributed by atoms with Crippen LogP contribution < -0.4 is 5.90 Å². The Balaban J connectivity index is 3.16. The van der Waals surface area contributed by atoms with E-state index in [1.54, 1.807) is 0 Å². The Morgan fingerprint density at radius 2 is 2.43 bits per heavy atom. The molecule has 0 rings (SSSR count). The molecule has 0 aromatic rings. The van der Waals surface area contributed by atoms with Crippen LogP contribution in [0.2, 0.25) is 0 Å². The van der Waals surface area contributed by atoms with E-state index in [-0.39, 0.29) is 0 Å². The normalized spacial score (nSPS) is 8.29. The molecule has 2 N–H and O–H groups in total. The van der Waals surface area contributed by atoms with Crippen LogP contribution in [0.3, 0.4) is 0 Å². The Morgan fingerprint density at radius 1 is 1.86 bits per heavy atom. The monoisotopic (exact) mass is 104 g/mol. The van der Waals surface area contributed by atoms with Crippen molar-refractivity contribution in [3.05, 3.63) is 12.8 Å². The van der Waals surface area contributed by atoms with Gasteiger partial charge in [0.1, 0.15) is 0 Å². The molecule has 0 aromatic carbocycles. The van der Waals surface area contributed by atoms with Crippen LogP contribution in [0, 0.1) is 0 Å². The van der Waals surface area contributed by atoms with E-state index in [4.69, 9.17) is 0 Å². The summed E-state index contributed by atoms with van der Waals surface area (Å²) in [5, 5.41) is 0.917. The quantitative estimate of drug-likeness (QED) is 0.503. The van der Waals surface area contributed by atoms with Gasteiger partial charge in [-0.05, 0) is 0 Å². The lowest BCUT2D eigenvalue weighted by molar-refractivity contribution is -0.326. The Kier molecular flexibility index (Phi) is 3.31. The summed E-state index contributed by atoms with van der Waals surface area (Å²) in [5.74, 6) is 4.62. The zero-order valence-corrected chi connectivity index (χ0v) is 4.13. The highest BCUT2D eigenvalue weighted by molar-refractivity contribution is 4.52. The second kappa shape index (κ2) is 3.60. The lowest BCUT2D eigenvalue weighted by Crippen LogP contribution is -2.19. The number of rotatable bonds is 3. The third kappa shape index (κ3) is 2.16. The highest BCUT2D eigenvalue weighted by Crippen LogP contribution is 1.81. The molecule has 0 bridgehead atoms. The number of hydroxylamine groups is 2. The molecule has 0 saturated carbocycles. The molecular formula is C3H8N2O2. The first-order chi connectivity index (χ1) is 3.35. The highest BCUT2D eigenvalue weighted by Gasteiger charge is 1.85. The van der Waals surface area contributed by atoms with E-state index in [0.29, 0.717) is 0 Å². The molecule has 7 heavy (non-hydrogen) atoms. The zero-order chi connectivity index (χ0) is 5.70. The predicted molar refractivity (Wildman–Crippen MR) is 24.3 cm³/mol. The van der Waals surface area contributed by atoms with E-state index in [2.05, 4.69) is 22.3 Å². The fraction of sp³-hybridized carbons (Fsp3) is 0.333. The van der Waals surface area contributed by atoms with Crippen molar-refractivity contribution in [1.82, 2.24) is 5.23 Å². The maximum absolute atomic E-state index is 4.62. The van der Waals surface area contributed by atoms with E-state index in [1.165, 1.54) is 13.3 Å². The number of nitrogens with two attached hydrogens (primary N) is 1. The summed E-state index contributed by atoms with van der Waals surface area (Å²) in [6, 6.07) is 0. The molecule has 4 heteroatoms. The molecule has 0 spiro atoms. The molecule has 0 aliphatic rings. The van der Waals surface area contributed by atoms with Gasteiger partial charge in [-0.15, -0.1) is 5.23 Å². The molecule has 0 fully saturated rings. The second-order valence-electron chi connectivity index (χ2n) is 0.756. The van der Waals surface area contributed by atoms with Gasteiger partial charge >= 0.3 is 0 Å². The van der Waals surface area contributed by atoms with Crippen molar-refractivity contribution in [2.75, 3.05) is 7.11 Å². The van der Waals surface area contributed by atoms with E-state index < -0.39 is 0 Å². The summed E-state index contributed by atoms with van der Waals surface area (Å²) in [4.78, 5) is 8.46. The van der Waals surface area contributed by atoms with Crippen molar-refractivity contribution in [1.29, 1.82) is 0 Å². The van der Waals surface area contributed by atoms with Crippen LogP contribution in [-0.4, -0.2) is 12.3 Å². The van der Waals surface area contributed by atoms with Gasteiger partial charge in [0.15, 0.2) is 0 Å². The van der Waals surface area contributed by atoms with Gasteiger partial charge in [0, 0.05) is 0 Å². The first-order valence-electron chi connectivity index (χ1n) is 1.68. The highest BCUT2D eigenvalue weighted by atomic mass is 17.0. The third-order valence-corrected chi connectivity index (χ3v) is 0.433. The first kappa shape index (κ1) is 6.42. The molecule has 4 nitrogen and oxygen atoms in total. The number of nitrogens with zero attached hydrogens (tertiary/aromatic N) is 1. The van der Waals surface area contributed by atoms with Crippen molar-refractivity contribution in [2.24, 2.45) is 5.90 Å². The molecule has 0 heterocycles. The molecule has 0 aromatic heterocycles. The molecule has 0 aliphatic heterocycles. The first-order valence-corrected chi connectivity index (χ1v) is 1.68. The summed E-state index contributed by atoms with van der Waals surface area (Å²) in [7, 11) is 1.41. The maximum Gasteiger partial charge on any atom is 0.0666 e. The standard InChI is InChI=1S/C3H8N2O2/c1-3-5(6-2)7-4/h3H,1,4H2,2H3. The van der Waals surface area contributed by atoms with Crippen LogP contribution in [0.1, 0.15) is 0 Å². The van der Waals surface area contributed by atoms with Crippen LogP contribution in [0.5, 0.6) is 0 Å². The maximum atomic E-state index is 4.62. The summed E-state index contributed by atoms with van der Waals surface area (Å²) in [5.41, 5.74) is 0. The van der Waals surface area contributed by atoms with E-state index in [1.807, 2.05) is 0 Å². The molecule has 0 radical (unpaired) electrons. The van der Waals surface area contributed by atoms with Crippen molar-refractivity contribution >= 4 is 0 Å². The van der Waals surface area contributed by atoms with E-state index >= 15 is 0 Å². The van der Waals surface area contributed by atoms with Crippen LogP contribution in [0.15, 0.2) is 12.8 Å². The average molecular weight is 104 g/mol. The fourth-order valence-corrected chi connectivity index (χ4v) is 0.161. The molecule has 42 valence electrons. The van der Waals surface area contributed by atoms with Crippen LogP contribution in [0.4, 0.5) is 0 Å². The summed E-state index contributed by atoms with van der Waals surface area (Å²) in [6.07, 6.45) is 1.29. The Morgan fingerprint density at radius 3 is 2.43 bits per heavy atom. The zero-order valence-electron chi connectivity index (χ0n) is 4.13. The largest absolute Gasteiger partial charge is 0.251 e. The number of hydrogen-bond donors (Lipinski definition) is 1. The predicted octanol–water partition coefficient (Wildman–Crippen LogP) is -0.201. The average Bonchev–Trinajstić information content (AvgIpc) is 1.72. The van der Waals surface area contributed by atoms with Crippen LogP contribution in [-0.2, 0) is 9.78 Å². The Bertz CT molecular complexity index is 52.9. The van der Waals surface area contributed by atoms with E-state index in [0.717, 1.165) is 5.23 Å². The van der Waals surface area contributed by atoms with Gasteiger partial charge in [-0.2, -0.15) is 10.8 Å². The summed E-state index contributed by atoms with van der Waals surface area (Å²) < 4.78 is 0. The lowest BCUT2D eigenvalue weighted by atomic mass is 11.1. The van der Waals surface area contributed by atoms with Crippen molar-refractivity contribution < 1.29 is 9.78 Å². The Hall–Kier alpha value is -0.580.